The molecule has 0 aliphatic heterocycles. The van der Waals surface area contributed by atoms with Crippen LogP contribution in [0.25, 0.3) is 0 Å². The van der Waals surface area contributed by atoms with Crippen molar-refractivity contribution in [1.82, 2.24) is 0 Å². The van der Waals surface area contributed by atoms with E-state index in [1.165, 1.54) is 0 Å². The quantitative estimate of drug-likeness (QED) is 0.394. The van der Waals surface area contributed by atoms with Crippen LogP contribution in [-0.2, 0) is 0 Å². The fourth-order valence-electron chi connectivity index (χ4n) is 1.51. The van der Waals surface area contributed by atoms with Gasteiger partial charge in [-0.15, -0.1) is 0 Å². The van der Waals surface area contributed by atoms with Crippen molar-refractivity contribution in [3.8, 4) is 5.75 Å². The number of hydrogen-bond acceptors (Lipinski definition) is 4. The molecule has 0 aliphatic carbocycles. The summed E-state index contributed by atoms with van der Waals surface area (Å²) in [5.74, 6) is 3.00. The van der Waals surface area contributed by atoms with Crippen molar-refractivity contribution in [3.63, 3.8) is 0 Å². The molecule has 3 nitrogen and oxygen atoms in total. The molecule has 0 saturated carbocycles. The minimum atomic E-state index is -0.918. The number of rotatable bonds is 11. The second-order valence-electron chi connectivity index (χ2n) is 4.09. The molecule has 1 N–H and O–H groups in total. The van der Waals surface area contributed by atoms with Crippen LogP contribution in [0.1, 0.15) is 10.4 Å². The van der Waals surface area contributed by atoms with Gasteiger partial charge in [0.25, 0.3) is 0 Å². The summed E-state index contributed by atoms with van der Waals surface area (Å²) in [5, 5.41) is 11.3. The second-order valence-corrected chi connectivity index (χ2v) is 8.23. The minimum absolute atomic E-state index is 0.278. The number of alkyl halides is 2. The van der Waals surface area contributed by atoms with Gasteiger partial charge in [-0.3, -0.25) is 0 Å². The maximum atomic E-state index is 10.8. The second kappa shape index (κ2) is 11.7. The predicted octanol–water partition coefficient (Wildman–Crippen LogP) is 4.39. The van der Waals surface area contributed by atoms with Crippen LogP contribution in [0, 0.1) is 0 Å². The number of benzene rings is 1. The molecular formula is C14H18Br2O3S2. The molecule has 0 radical (unpaired) electrons. The van der Waals surface area contributed by atoms with Crippen molar-refractivity contribution >= 4 is 61.4 Å². The summed E-state index contributed by atoms with van der Waals surface area (Å²) in [6.07, 6.45) is 0. The van der Waals surface area contributed by atoms with E-state index in [0.29, 0.717) is 11.9 Å². The maximum Gasteiger partial charge on any atom is 0.335 e. The molecule has 1 atom stereocenters. The maximum absolute atomic E-state index is 10.8. The minimum Gasteiger partial charge on any atom is -0.492 e. The van der Waals surface area contributed by atoms with Crippen molar-refractivity contribution in [2.45, 2.75) is 5.25 Å². The molecule has 0 bridgehead atoms. The third-order valence-electron chi connectivity index (χ3n) is 2.49. The van der Waals surface area contributed by atoms with Gasteiger partial charge in [-0.05, 0) is 24.3 Å². The Hall–Kier alpha value is 0.150. The van der Waals surface area contributed by atoms with Crippen molar-refractivity contribution in [3.05, 3.63) is 29.8 Å². The molecular weight excluding hydrogens is 440 g/mol. The first kappa shape index (κ1) is 19.2. The zero-order valence-electron chi connectivity index (χ0n) is 11.5. The molecule has 21 heavy (non-hydrogen) atoms. The summed E-state index contributed by atoms with van der Waals surface area (Å²) in [7, 11) is 0. The highest BCUT2D eigenvalue weighted by Crippen LogP contribution is 2.20. The Morgan fingerprint density at radius 1 is 1.19 bits per heavy atom. The van der Waals surface area contributed by atoms with E-state index in [1.807, 2.05) is 23.5 Å². The van der Waals surface area contributed by atoms with Gasteiger partial charge in [0.2, 0.25) is 0 Å². The summed E-state index contributed by atoms with van der Waals surface area (Å²) in [4.78, 5) is 10.8. The van der Waals surface area contributed by atoms with Gasteiger partial charge in [-0.25, -0.2) is 4.79 Å². The number of aromatic carboxylic acids is 1. The van der Waals surface area contributed by atoms with Gasteiger partial charge in [0.15, 0.2) is 0 Å². The van der Waals surface area contributed by atoms with Gasteiger partial charge < -0.3 is 9.84 Å². The molecule has 118 valence electrons. The number of halogens is 2. The topological polar surface area (TPSA) is 46.5 Å². The first-order chi connectivity index (χ1) is 10.2. The average Bonchev–Trinajstić information content (AvgIpc) is 2.50. The van der Waals surface area contributed by atoms with Gasteiger partial charge in [-0.2, -0.15) is 23.5 Å². The first-order valence-corrected chi connectivity index (χ1v) is 10.9. The van der Waals surface area contributed by atoms with E-state index in [-0.39, 0.29) is 5.56 Å². The highest BCUT2D eigenvalue weighted by Gasteiger charge is 2.11. The lowest BCUT2D eigenvalue weighted by Crippen LogP contribution is -2.18. The van der Waals surface area contributed by atoms with Gasteiger partial charge >= 0.3 is 5.97 Å². The Morgan fingerprint density at radius 3 is 2.43 bits per heavy atom. The van der Waals surface area contributed by atoms with E-state index >= 15 is 0 Å². The van der Waals surface area contributed by atoms with E-state index in [1.54, 1.807) is 24.3 Å². The van der Waals surface area contributed by atoms with Crippen LogP contribution in [0.15, 0.2) is 24.3 Å². The zero-order valence-corrected chi connectivity index (χ0v) is 16.3. The van der Waals surface area contributed by atoms with E-state index in [9.17, 15) is 4.79 Å². The van der Waals surface area contributed by atoms with Crippen molar-refractivity contribution in [2.75, 3.05) is 34.5 Å². The van der Waals surface area contributed by atoms with Crippen molar-refractivity contribution in [2.24, 2.45) is 0 Å². The molecule has 1 aromatic carbocycles. The summed E-state index contributed by atoms with van der Waals surface area (Å²) in [5.41, 5.74) is 0.278. The van der Waals surface area contributed by atoms with Crippen LogP contribution in [-0.4, -0.2) is 50.9 Å². The van der Waals surface area contributed by atoms with Gasteiger partial charge in [0, 0.05) is 33.2 Å². The van der Waals surface area contributed by atoms with Crippen molar-refractivity contribution < 1.29 is 14.6 Å². The molecule has 0 aromatic heterocycles. The van der Waals surface area contributed by atoms with Gasteiger partial charge in [0.05, 0.1) is 5.56 Å². The number of carboxylic acids is 1. The Labute approximate surface area is 150 Å². The third-order valence-corrected chi connectivity index (χ3v) is 6.89. The number of thioether (sulfide) groups is 2. The first-order valence-electron chi connectivity index (χ1n) is 6.44. The number of carbonyl (C=O) groups is 1. The SMILES string of the molecule is O=C(O)c1ccc(OC[C@H](CSCCBr)SCCBr)cc1. The molecule has 0 unspecified atom stereocenters. The van der Waals surface area contributed by atoms with E-state index in [0.717, 1.165) is 33.7 Å². The van der Waals surface area contributed by atoms with Crippen LogP contribution in [0.2, 0.25) is 0 Å². The monoisotopic (exact) mass is 456 g/mol. The molecule has 1 rings (SSSR count). The smallest absolute Gasteiger partial charge is 0.335 e. The van der Waals surface area contributed by atoms with Crippen molar-refractivity contribution in [1.29, 1.82) is 0 Å². The predicted molar refractivity (Wildman–Crippen MR) is 100 cm³/mol. The molecule has 0 heterocycles. The van der Waals surface area contributed by atoms with E-state index in [4.69, 9.17) is 9.84 Å². The van der Waals surface area contributed by atoms with Crippen LogP contribution in [0.5, 0.6) is 5.75 Å². The number of hydrogen-bond donors (Lipinski definition) is 1. The standard InChI is InChI=1S/C14H18Br2O3S2/c15-5-7-20-10-13(21-8-6-16)9-19-12-3-1-11(2-4-12)14(17)18/h1-4,13H,5-10H2,(H,17,18)/t13-/m1/s1. The molecule has 0 aliphatic rings. The molecule has 0 amide bonds. The molecule has 1 aromatic rings. The summed E-state index contributed by atoms with van der Waals surface area (Å²) < 4.78 is 5.78. The normalized spacial score (nSPS) is 12.1. The molecule has 0 spiro atoms. The number of carboxylic acid groups (broad SMARTS) is 1. The molecule has 0 fully saturated rings. The zero-order chi connectivity index (χ0) is 15.5. The summed E-state index contributed by atoms with van der Waals surface area (Å²) >= 11 is 10.7. The highest BCUT2D eigenvalue weighted by atomic mass is 79.9. The largest absolute Gasteiger partial charge is 0.492 e. The molecule has 0 saturated heterocycles. The Kier molecular flexibility index (Phi) is 10.7. The Morgan fingerprint density at radius 2 is 1.86 bits per heavy atom. The lowest BCUT2D eigenvalue weighted by Gasteiger charge is -2.16. The third kappa shape index (κ3) is 8.38. The van der Waals surface area contributed by atoms with Gasteiger partial charge in [-0.1, -0.05) is 31.9 Å². The Bertz CT molecular complexity index is 415. The lowest BCUT2D eigenvalue weighted by atomic mass is 10.2. The lowest BCUT2D eigenvalue weighted by molar-refractivity contribution is 0.0697. The van der Waals surface area contributed by atoms with Crippen LogP contribution in [0.4, 0.5) is 0 Å². The summed E-state index contributed by atoms with van der Waals surface area (Å²) in [6.45, 7) is 0.638. The van der Waals surface area contributed by atoms with E-state index < -0.39 is 5.97 Å². The summed E-state index contributed by atoms with van der Waals surface area (Å²) in [6, 6.07) is 6.55. The van der Waals surface area contributed by atoms with E-state index in [2.05, 4.69) is 31.9 Å². The number of ether oxygens (including phenoxy) is 1. The highest BCUT2D eigenvalue weighted by molar-refractivity contribution is 9.09. The van der Waals surface area contributed by atoms with Crippen LogP contribution < -0.4 is 4.74 Å². The average molecular weight is 458 g/mol. The fraction of sp³-hybridized carbons (Fsp3) is 0.500. The van der Waals surface area contributed by atoms with Gasteiger partial charge in [0.1, 0.15) is 12.4 Å². The fourth-order valence-corrected chi connectivity index (χ4v) is 4.65. The molecule has 7 heteroatoms. The Balaban J connectivity index is 2.44. The van der Waals surface area contributed by atoms with Crippen LogP contribution >= 0.6 is 55.4 Å². The van der Waals surface area contributed by atoms with Crippen LogP contribution in [0.3, 0.4) is 0 Å².